The van der Waals surface area contributed by atoms with Crippen LogP contribution in [-0.4, -0.2) is 29.1 Å². The molecule has 0 aliphatic carbocycles. The molecular formula is C15H26N4. The Morgan fingerprint density at radius 1 is 1.26 bits per heavy atom. The van der Waals surface area contributed by atoms with Crippen LogP contribution in [0.25, 0.3) is 0 Å². The van der Waals surface area contributed by atoms with Gasteiger partial charge in [0.1, 0.15) is 17.5 Å². The average Bonchev–Trinajstić information content (AvgIpc) is 2.80. The molecule has 106 valence electrons. The third-order valence-electron chi connectivity index (χ3n) is 4.22. The number of aryl methyl sites for hydroxylation is 1. The van der Waals surface area contributed by atoms with E-state index < -0.39 is 0 Å². The molecule has 1 saturated heterocycles. The molecule has 4 nitrogen and oxygen atoms in total. The van der Waals surface area contributed by atoms with Crippen molar-refractivity contribution in [3.63, 3.8) is 0 Å². The van der Waals surface area contributed by atoms with E-state index in [2.05, 4.69) is 42.9 Å². The molecule has 0 bridgehead atoms. The second kappa shape index (κ2) is 5.76. The molecule has 1 N–H and O–H groups in total. The predicted octanol–water partition coefficient (Wildman–Crippen LogP) is 3.16. The van der Waals surface area contributed by atoms with Gasteiger partial charge in [0.2, 0.25) is 0 Å². The molecule has 2 unspecified atom stereocenters. The molecule has 2 atom stereocenters. The Kier molecular flexibility index (Phi) is 4.27. The summed E-state index contributed by atoms with van der Waals surface area (Å²) >= 11 is 0. The van der Waals surface area contributed by atoms with E-state index in [9.17, 15) is 0 Å². The van der Waals surface area contributed by atoms with Crippen molar-refractivity contribution in [2.45, 2.75) is 65.5 Å². The summed E-state index contributed by atoms with van der Waals surface area (Å²) in [5.74, 6) is 3.03. The summed E-state index contributed by atoms with van der Waals surface area (Å²) in [5, 5.41) is 3.20. The van der Waals surface area contributed by atoms with Gasteiger partial charge in [-0.1, -0.05) is 13.8 Å². The monoisotopic (exact) mass is 262 g/mol. The Morgan fingerprint density at radius 3 is 2.58 bits per heavy atom. The van der Waals surface area contributed by atoms with Crippen LogP contribution in [0.5, 0.6) is 0 Å². The molecule has 4 heteroatoms. The SMILES string of the molecule is CCc1nc(NC)c(C)c(N2C(C)CCC2CC)n1. The Bertz CT molecular complexity index is 444. The Hall–Kier alpha value is -1.32. The fourth-order valence-electron chi connectivity index (χ4n) is 3.06. The van der Waals surface area contributed by atoms with Crippen LogP contribution in [0.15, 0.2) is 0 Å². The molecule has 0 amide bonds. The first-order valence-electron chi connectivity index (χ1n) is 7.45. The highest BCUT2D eigenvalue weighted by Gasteiger charge is 2.32. The molecule has 2 rings (SSSR count). The number of nitrogens with zero attached hydrogens (tertiary/aromatic N) is 3. The molecule has 19 heavy (non-hydrogen) atoms. The van der Waals surface area contributed by atoms with Crippen LogP contribution in [0.2, 0.25) is 0 Å². The Morgan fingerprint density at radius 2 is 2.00 bits per heavy atom. The zero-order valence-electron chi connectivity index (χ0n) is 12.8. The van der Waals surface area contributed by atoms with E-state index in [0.717, 1.165) is 23.9 Å². The van der Waals surface area contributed by atoms with Gasteiger partial charge in [0.05, 0.1) is 0 Å². The van der Waals surface area contributed by atoms with E-state index in [-0.39, 0.29) is 0 Å². The van der Waals surface area contributed by atoms with Crippen molar-refractivity contribution in [2.75, 3.05) is 17.3 Å². The second-order valence-electron chi connectivity index (χ2n) is 5.44. The standard InChI is InChI=1S/C15H26N4/c1-6-12-9-8-10(3)19(12)15-11(4)14(16-5)17-13(7-2)18-15/h10,12H,6-9H2,1-5H3,(H,16,17,18). The zero-order valence-corrected chi connectivity index (χ0v) is 12.8. The maximum atomic E-state index is 4.80. The molecule has 0 saturated carbocycles. The lowest BCUT2D eigenvalue weighted by molar-refractivity contribution is 0.617. The van der Waals surface area contributed by atoms with Crippen molar-refractivity contribution >= 4 is 11.6 Å². The summed E-state index contributed by atoms with van der Waals surface area (Å²) in [6.07, 6.45) is 4.60. The van der Waals surface area contributed by atoms with Crippen LogP contribution < -0.4 is 10.2 Å². The van der Waals surface area contributed by atoms with Gasteiger partial charge < -0.3 is 10.2 Å². The van der Waals surface area contributed by atoms with E-state index in [1.807, 2.05) is 7.05 Å². The van der Waals surface area contributed by atoms with Crippen molar-refractivity contribution in [3.8, 4) is 0 Å². The fraction of sp³-hybridized carbons (Fsp3) is 0.733. The number of nitrogens with one attached hydrogen (secondary N) is 1. The Labute approximate surface area is 116 Å². The third-order valence-corrected chi connectivity index (χ3v) is 4.22. The number of aromatic nitrogens is 2. The van der Waals surface area contributed by atoms with Crippen LogP contribution in [0.1, 0.15) is 51.4 Å². The second-order valence-corrected chi connectivity index (χ2v) is 5.44. The van der Waals surface area contributed by atoms with Crippen molar-refractivity contribution in [1.82, 2.24) is 9.97 Å². The van der Waals surface area contributed by atoms with Gasteiger partial charge >= 0.3 is 0 Å². The van der Waals surface area contributed by atoms with Crippen LogP contribution in [0.4, 0.5) is 11.6 Å². The summed E-state index contributed by atoms with van der Waals surface area (Å²) in [7, 11) is 1.93. The lowest BCUT2D eigenvalue weighted by atomic mass is 10.1. The van der Waals surface area contributed by atoms with Gasteiger partial charge in [0, 0.05) is 31.1 Å². The molecule has 0 radical (unpaired) electrons. The molecule has 1 aliphatic rings. The molecule has 1 aliphatic heterocycles. The average molecular weight is 262 g/mol. The number of hydrogen-bond donors (Lipinski definition) is 1. The minimum atomic E-state index is 0.577. The zero-order chi connectivity index (χ0) is 14.0. The van der Waals surface area contributed by atoms with Gasteiger partial charge in [-0.15, -0.1) is 0 Å². The first-order valence-corrected chi connectivity index (χ1v) is 7.45. The first-order chi connectivity index (χ1) is 9.12. The summed E-state index contributed by atoms with van der Waals surface area (Å²) < 4.78 is 0. The molecule has 0 spiro atoms. The summed E-state index contributed by atoms with van der Waals surface area (Å²) in [6.45, 7) is 8.81. The fourth-order valence-corrected chi connectivity index (χ4v) is 3.06. The molecule has 1 aromatic rings. The predicted molar refractivity (Wildman–Crippen MR) is 80.9 cm³/mol. The highest BCUT2D eigenvalue weighted by atomic mass is 15.3. The lowest BCUT2D eigenvalue weighted by Crippen LogP contribution is -2.35. The number of hydrogen-bond acceptors (Lipinski definition) is 4. The van der Waals surface area contributed by atoms with Gasteiger partial charge in [-0.3, -0.25) is 0 Å². The molecule has 0 aromatic carbocycles. The maximum Gasteiger partial charge on any atom is 0.137 e. The first kappa shape index (κ1) is 14.1. The molecule has 2 heterocycles. The van der Waals surface area contributed by atoms with E-state index in [0.29, 0.717) is 12.1 Å². The molecule has 1 aromatic heterocycles. The summed E-state index contributed by atoms with van der Waals surface area (Å²) in [5.41, 5.74) is 1.17. The quantitative estimate of drug-likeness (QED) is 0.905. The maximum absolute atomic E-state index is 4.80. The van der Waals surface area contributed by atoms with Crippen LogP contribution >= 0.6 is 0 Å². The van der Waals surface area contributed by atoms with Crippen LogP contribution in [0.3, 0.4) is 0 Å². The van der Waals surface area contributed by atoms with E-state index >= 15 is 0 Å². The van der Waals surface area contributed by atoms with Gasteiger partial charge in [-0.2, -0.15) is 0 Å². The van der Waals surface area contributed by atoms with E-state index in [4.69, 9.17) is 4.98 Å². The number of rotatable bonds is 4. The van der Waals surface area contributed by atoms with Crippen molar-refractivity contribution in [1.29, 1.82) is 0 Å². The molecule has 1 fully saturated rings. The highest BCUT2D eigenvalue weighted by molar-refractivity contribution is 5.60. The summed E-state index contributed by atoms with van der Waals surface area (Å²) in [4.78, 5) is 11.9. The Balaban J connectivity index is 2.47. The van der Waals surface area contributed by atoms with Crippen LogP contribution in [-0.2, 0) is 6.42 Å². The summed E-state index contributed by atoms with van der Waals surface area (Å²) in [6, 6.07) is 1.20. The van der Waals surface area contributed by atoms with Gasteiger partial charge in [0.15, 0.2) is 0 Å². The lowest BCUT2D eigenvalue weighted by Gasteiger charge is -2.31. The van der Waals surface area contributed by atoms with Crippen molar-refractivity contribution in [2.24, 2.45) is 0 Å². The van der Waals surface area contributed by atoms with E-state index in [1.165, 1.54) is 24.8 Å². The third kappa shape index (κ3) is 2.53. The smallest absolute Gasteiger partial charge is 0.137 e. The van der Waals surface area contributed by atoms with E-state index in [1.54, 1.807) is 0 Å². The number of anilines is 2. The topological polar surface area (TPSA) is 41.1 Å². The van der Waals surface area contributed by atoms with Gasteiger partial charge in [-0.05, 0) is 33.1 Å². The minimum absolute atomic E-state index is 0.577. The largest absolute Gasteiger partial charge is 0.373 e. The molecular weight excluding hydrogens is 236 g/mol. The van der Waals surface area contributed by atoms with Gasteiger partial charge in [0.25, 0.3) is 0 Å². The highest BCUT2D eigenvalue weighted by Crippen LogP contribution is 2.34. The minimum Gasteiger partial charge on any atom is -0.373 e. The van der Waals surface area contributed by atoms with Crippen molar-refractivity contribution in [3.05, 3.63) is 11.4 Å². The van der Waals surface area contributed by atoms with Crippen LogP contribution in [0, 0.1) is 6.92 Å². The van der Waals surface area contributed by atoms with Gasteiger partial charge in [-0.25, -0.2) is 9.97 Å². The normalized spacial score (nSPS) is 22.9. The van der Waals surface area contributed by atoms with Crippen molar-refractivity contribution < 1.29 is 0 Å².